The van der Waals surface area contributed by atoms with Crippen molar-refractivity contribution in [2.75, 3.05) is 39.3 Å². The fourth-order valence-corrected chi connectivity index (χ4v) is 2.48. The van der Waals surface area contributed by atoms with Gasteiger partial charge in [-0.05, 0) is 12.1 Å². The molecule has 0 saturated carbocycles. The summed E-state index contributed by atoms with van der Waals surface area (Å²) in [6, 6.07) is 3.79. The molecule has 1 aliphatic heterocycles. The van der Waals surface area contributed by atoms with Crippen LogP contribution in [-0.2, 0) is 6.54 Å². The first-order valence-electron chi connectivity index (χ1n) is 6.41. The molecule has 0 unspecified atom stereocenters. The zero-order chi connectivity index (χ0) is 13.0. The minimum atomic E-state index is -0.525. The summed E-state index contributed by atoms with van der Waals surface area (Å²) < 4.78 is 26.3. The molecule has 0 bridgehead atoms. The highest BCUT2D eigenvalue weighted by Crippen LogP contribution is 2.07. The summed E-state index contributed by atoms with van der Waals surface area (Å²) >= 11 is 0. The van der Waals surface area contributed by atoms with Crippen molar-refractivity contribution < 1.29 is 23.7 Å². The molecule has 1 fully saturated rings. The van der Waals surface area contributed by atoms with Crippen LogP contribution in [0.1, 0.15) is 5.56 Å². The maximum atomic E-state index is 13.5. The van der Waals surface area contributed by atoms with Crippen LogP contribution in [0.5, 0.6) is 0 Å². The van der Waals surface area contributed by atoms with E-state index in [2.05, 4.69) is 0 Å². The fourth-order valence-electron chi connectivity index (χ4n) is 2.48. The van der Waals surface area contributed by atoms with Gasteiger partial charge in [0, 0.05) is 11.6 Å². The molecule has 1 aromatic carbocycles. The molecule has 18 heavy (non-hydrogen) atoms. The number of hydrogen-bond acceptors (Lipinski definition) is 1. The van der Waals surface area contributed by atoms with Crippen molar-refractivity contribution in [1.29, 1.82) is 0 Å². The average Bonchev–Trinajstić information content (AvgIpc) is 2.35. The Hall–Kier alpha value is -1.04. The van der Waals surface area contributed by atoms with Crippen LogP contribution < -0.4 is 9.80 Å². The van der Waals surface area contributed by atoms with Gasteiger partial charge in [0.2, 0.25) is 0 Å². The third-order valence-corrected chi connectivity index (χ3v) is 3.59. The number of benzene rings is 1. The molecule has 1 aliphatic rings. The first-order valence-corrected chi connectivity index (χ1v) is 6.41. The zero-order valence-electron chi connectivity index (χ0n) is 10.4. The highest BCUT2D eigenvalue weighted by atomic mass is 19.1. The lowest BCUT2D eigenvalue weighted by Gasteiger charge is -2.29. The standard InChI is InChI=1S/C13H18F2N2O/c14-12-2-1-11(13(15)9-12)10-17-5-3-16(4-6-17)7-8-18/h1-2,9,18H,3-8,10H2/p+2. The second-order valence-electron chi connectivity index (χ2n) is 4.89. The number of piperazine rings is 1. The zero-order valence-corrected chi connectivity index (χ0v) is 10.4. The highest BCUT2D eigenvalue weighted by molar-refractivity contribution is 5.17. The van der Waals surface area contributed by atoms with Gasteiger partial charge in [-0.15, -0.1) is 0 Å². The van der Waals surface area contributed by atoms with Gasteiger partial charge in [0.05, 0.1) is 6.61 Å². The van der Waals surface area contributed by atoms with E-state index in [4.69, 9.17) is 5.11 Å². The van der Waals surface area contributed by atoms with Crippen molar-refractivity contribution in [2.45, 2.75) is 6.54 Å². The summed E-state index contributed by atoms with van der Waals surface area (Å²) in [5, 5.41) is 8.87. The highest BCUT2D eigenvalue weighted by Gasteiger charge is 2.23. The molecule has 0 atom stereocenters. The number of aliphatic hydroxyl groups is 1. The Kier molecular flexibility index (Phi) is 4.63. The Labute approximate surface area is 106 Å². The summed E-state index contributed by atoms with van der Waals surface area (Å²) in [5.74, 6) is -0.976. The Morgan fingerprint density at radius 2 is 1.72 bits per heavy atom. The molecule has 0 aromatic heterocycles. The lowest BCUT2D eigenvalue weighted by molar-refractivity contribution is -1.02. The predicted octanol–water partition coefficient (Wildman–Crippen LogP) is -1.76. The number of nitrogens with one attached hydrogen (secondary N) is 2. The van der Waals surface area contributed by atoms with Crippen LogP contribution in [-0.4, -0.2) is 44.4 Å². The first kappa shape index (κ1) is 13.4. The molecular weight excluding hydrogens is 238 g/mol. The number of rotatable bonds is 4. The van der Waals surface area contributed by atoms with Gasteiger partial charge in [-0.2, -0.15) is 0 Å². The number of quaternary nitrogens is 2. The van der Waals surface area contributed by atoms with Crippen LogP contribution >= 0.6 is 0 Å². The molecule has 0 spiro atoms. The summed E-state index contributed by atoms with van der Waals surface area (Å²) in [6.07, 6.45) is 0. The second kappa shape index (κ2) is 6.22. The maximum absolute atomic E-state index is 13.5. The molecule has 1 saturated heterocycles. The van der Waals surface area contributed by atoms with Gasteiger partial charge in [-0.25, -0.2) is 8.78 Å². The van der Waals surface area contributed by atoms with E-state index in [9.17, 15) is 8.78 Å². The molecule has 5 heteroatoms. The molecule has 0 aliphatic carbocycles. The molecule has 0 amide bonds. The Morgan fingerprint density at radius 1 is 1.06 bits per heavy atom. The molecule has 0 radical (unpaired) electrons. The summed E-state index contributed by atoms with van der Waals surface area (Å²) in [4.78, 5) is 2.73. The van der Waals surface area contributed by atoms with E-state index in [-0.39, 0.29) is 6.61 Å². The van der Waals surface area contributed by atoms with Crippen molar-refractivity contribution >= 4 is 0 Å². The third-order valence-electron chi connectivity index (χ3n) is 3.59. The van der Waals surface area contributed by atoms with Crippen LogP contribution in [0.25, 0.3) is 0 Å². The largest absolute Gasteiger partial charge is 0.391 e. The first-order chi connectivity index (χ1) is 8.69. The van der Waals surface area contributed by atoms with Crippen LogP contribution in [0.2, 0.25) is 0 Å². The third kappa shape index (κ3) is 3.48. The molecule has 2 rings (SSSR count). The summed E-state index contributed by atoms with van der Waals surface area (Å²) in [7, 11) is 0. The van der Waals surface area contributed by atoms with E-state index in [0.717, 1.165) is 38.8 Å². The molecule has 100 valence electrons. The Balaban J connectivity index is 1.87. The fraction of sp³-hybridized carbons (Fsp3) is 0.538. The van der Waals surface area contributed by atoms with Crippen LogP contribution in [0, 0.1) is 11.6 Å². The van der Waals surface area contributed by atoms with Gasteiger partial charge in [-0.3, -0.25) is 0 Å². The average molecular weight is 258 g/mol. The Morgan fingerprint density at radius 3 is 2.33 bits per heavy atom. The number of hydrogen-bond donors (Lipinski definition) is 3. The minimum Gasteiger partial charge on any atom is -0.391 e. The quantitative estimate of drug-likeness (QED) is 0.587. The topological polar surface area (TPSA) is 29.1 Å². The van der Waals surface area contributed by atoms with Gasteiger partial charge in [0.15, 0.2) is 0 Å². The van der Waals surface area contributed by atoms with Gasteiger partial charge >= 0.3 is 0 Å². The maximum Gasteiger partial charge on any atom is 0.134 e. The smallest absolute Gasteiger partial charge is 0.134 e. The van der Waals surface area contributed by atoms with Crippen molar-refractivity contribution in [1.82, 2.24) is 0 Å². The van der Waals surface area contributed by atoms with Crippen molar-refractivity contribution in [3.05, 3.63) is 35.4 Å². The van der Waals surface area contributed by atoms with Gasteiger partial charge in [0.1, 0.15) is 50.9 Å². The van der Waals surface area contributed by atoms with Gasteiger partial charge in [-0.1, -0.05) is 0 Å². The molecule has 3 nitrogen and oxygen atoms in total. The van der Waals surface area contributed by atoms with Crippen molar-refractivity contribution in [2.24, 2.45) is 0 Å². The van der Waals surface area contributed by atoms with Gasteiger partial charge in [0.25, 0.3) is 0 Å². The van der Waals surface area contributed by atoms with Gasteiger partial charge < -0.3 is 14.9 Å². The van der Waals surface area contributed by atoms with E-state index < -0.39 is 11.6 Å². The lowest BCUT2D eigenvalue weighted by Crippen LogP contribution is -3.27. The number of halogens is 2. The van der Waals surface area contributed by atoms with Crippen LogP contribution in [0.4, 0.5) is 8.78 Å². The van der Waals surface area contributed by atoms with E-state index in [0.29, 0.717) is 12.1 Å². The van der Waals surface area contributed by atoms with E-state index in [1.807, 2.05) is 0 Å². The SMILES string of the molecule is OCC[NH+]1CC[NH+](Cc2ccc(F)cc2F)CC1. The minimum absolute atomic E-state index is 0.220. The molecule has 1 heterocycles. The van der Waals surface area contributed by atoms with E-state index in [1.165, 1.54) is 21.9 Å². The molecule has 3 N–H and O–H groups in total. The number of aliphatic hydroxyl groups excluding tert-OH is 1. The second-order valence-corrected chi connectivity index (χ2v) is 4.89. The van der Waals surface area contributed by atoms with Crippen LogP contribution in [0.15, 0.2) is 18.2 Å². The van der Waals surface area contributed by atoms with Crippen molar-refractivity contribution in [3.8, 4) is 0 Å². The molecule has 1 aromatic rings. The lowest BCUT2D eigenvalue weighted by atomic mass is 10.2. The van der Waals surface area contributed by atoms with Crippen LogP contribution in [0.3, 0.4) is 0 Å². The predicted molar refractivity (Wildman–Crippen MR) is 63.4 cm³/mol. The monoisotopic (exact) mass is 258 g/mol. The van der Waals surface area contributed by atoms with Crippen molar-refractivity contribution in [3.63, 3.8) is 0 Å². The summed E-state index contributed by atoms with van der Waals surface area (Å²) in [5.41, 5.74) is 0.581. The van der Waals surface area contributed by atoms with E-state index >= 15 is 0 Å². The Bertz CT molecular complexity index is 393. The molecular formula is C13H20F2N2O+2. The van der Waals surface area contributed by atoms with E-state index in [1.54, 1.807) is 0 Å². The normalized spacial score (nSPS) is 24.2. The summed E-state index contributed by atoms with van der Waals surface area (Å²) in [6.45, 7) is 5.55.